The van der Waals surface area contributed by atoms with Crippen LogP contribution >= 0.6 is 0 Å². The van der Waals surface area contributed by atoms with Crippen molar-refractivity contribution in [3.63, 3.8) is 0 Å². The van der Waals surface area contributed by atoms with Gasteiger partial charge in [-0.15, -0.1) is 5.10 Å². The van der Waals surface area contributed by atoms with Crippen LogP contribution in [0.3, 0.4) is 0 Å². The maximum atomic E-state index is 12.3. The third-order valence-corrected chi connectivity index (χ3v) is 6.33. The molecule has 0 N–H and O–H groups in total. The molecule has 0 amide bonds. The zero-order valence-corrected chi connectivity index (χ0v) is 17.1. The molecule has 4 heterocycles. The average Bonchev–Trinajstić information content (AvgIpc) is 3.26. The van der Waals surface area contributed by atoms with Gasteiger partial charge in [-0.05, 0) is 56.8 Å². The van der Waals surface area contributed by atoms with Gasteiger partial charge in [-0.25, -0.2) is 19.3 Å². The number of likely N-dealkylation sites (tertiary alicyclic amines) is 1. The lowest BCUT2D eigenvalue weighted by Crippen LogP contribution is -2.36. The Hall–Kier alpha value is -2.87. The van der Waals surface area contributed by atoms with Gasteiger partial charge in [0.25, 0.3) is 5.56 Å². The van der Waals surface area contributed by atoms with Crippen LogP contribution in [0, 0.1) is 5.92 Å². The number of nitrogens with zero attached hydrogens (tertiary/aromatic N) is 7. The Labute approximate surface area is 175 Å². The van der Waals surface area contributed by atoms with Crippen molar-refractivity contribution in [1.29, 1.82) is 0 Å². The third kappa shape index (κ3) is 4.18. The first kappa shape index (κ1) is 19.1. The summed E-state index contributed by atoms with van der Waals surface area (Å²) in [6.07, 6.45) is 13.4. The molecule has 156 valence electrons. The summed E-state index contributed by atoms with van der Waals surface area (Å²) in [5.41, 5.74) is 1.12. The van der Waals surface area contributed by atoms with E-state index in [1.54, 1.807) is 27.7 Å². The van der Waals surface area contributed by atoms with Crippen molar-refractivity contribution in [2.45, 2.75) is 51.1 Å². The molecule has 0 atom stereocenters. The maximum Gasteiger partial charge on any atom is 0.266 e. The second kappa shape index (κ2) is 8.47. The topological polar surface area (TPSA) is 81.7 Å². The zero-order chi connectivity index (χ0) is 20.3. The van der Waals surface area contributed by atoms with Gasteiger partial charge in [0, 0.05) is 55.4 Å². The molecule has 2 aliphatic rings. The minimum absolute atomic E-state index is 0.0583. The van der Waals surface area contributed by atoms with E-state index in [0.717, 1.165) is 38.3 Å². The summed E-state index contributed by atoms with van der Waals surface area (Å²) in [6, 6.07) is 5.14. The van der Waals surface area contributed by atoms with E-state index >= 15 is 0 Å². The number of piperidine rings is 1. The minimum Gasteiger partial charge on any atom is -0.299 e. The van der Waals surface area contributed by atoms with Gasteiger partial charge in [0.1, 0.15) is 5.82 Å². The molecule has 1 saturated heterocycles. The highest BCUT2D eigenvalue weighted by atomic mass is 16.1. The minimum atomic E-state index is -0.0583. The van der Waals surface area contributed by atoms with E-state index in [-0.39, 0.29) is 5.56 Å². The summed E-state index contributed by atoms with van der Waals surface area (Å²) < 4.78 is 3.27. The van der Waals surface area contributed by atoms with Gasteiger partial charge in [0.2, 0.25) is 0 Å². The lowest BCUT2D eigenvalue weighted by atomic mass is 9.85. The fourth-order valence-corrected chi connectivity index (χ4v) is 4.25. The van der Waals surface area contributed by atoms with Crippen molar-refractivity contribution in [3.8, 4) is 5.82 Å². The Bertz CT molecular complexity index is 1020. The second-order valence-corrected chi connectivity index (χ2v) is 8.46. The molecule has 1 aliphatic heterocycles. The van der Waals surface area contributed by atoms with E-state index in [9.17, 15) is 4.79 Å². The van der Waals surface area contributed by atoms with E-state index in [2.05, 4.69) is 25.1 Å². The van der Waals surface area contributed by atoms with Crippen LogP contribution in [-0.2, 0) is 13.1 Å². The van der Waals surface area contributed by atoms with Gasteiger partial charge in [0.15, 0.2) is 5.82 Å². The van der Waals surface area contributed by atoms with Crippen molar-refractivity contribution in [2.24, 2.45) is 5.92 Å². The van der Waals surface area contributed by atoms with Gasteiger partial charge >= 0.3 is 0 Å². The summed E-state index contributed by atoms with van der Waals surface area (Å²) >= 11 is 0. The normalized spacial score (nSPS) is 18.4. The zero-order valence-electron chi connectivity index (χ0n) is 17.1. The van der Waals surface area contributed by atoms with Gasteiger partial charge in [0.05, 0.1) is 0 Å². The Morgan fingerprint density at radius 3 is 2.50 bits per heavy atom. The molecule has 0 unspecified atom stereocenters. The highest BCUT2D eigenvalue weighted by Gasteiger charge is 2.23. The van der Waals surface area contributed by atoms with Crippen molar-refractivity contribution in [2.75, 3.05) is 13.1 Å². The average molecular weight is 406 g/mol. The number of hydrogen-bond donors (Lipinski definition) is 0. The fourth-order valence-electron chi connectivity index (χ4n) is 4.25. The van der Waals surface area contributed by atoms with E-state index in [4.69, 9.17) is 0 Å². The monoisotopic (exact) mass is 405 g/mol. The van der Waals surface area contributed by atoms with E-state index < -0.39 is 0 Å². The molecule has 0 bridgehead atoms. The fraction of sp³-hybridized carbons (Fsp3) is 0.500. The summed E-state index contributed by atoms with van der Waals surface area (Å²) in [4.78, 5) is 23.9. The SMILES string of the molecule is O=c1ccc(-n2cccn2)nn1CC1CCN(Cc2cnc(C3CCC3)nc2)CC1. The third-order valence-electron chi connectivity index (χ3n) is 6.33. The van der Waals surface area contributed by atoms with Crippen molar-refractivity contribution < 1.29 is 0 Å². The van der Waals surface area contributed by atoms with Gasteiger partial charge in [-0.2, -0.15) is 5.10 Å². The lowest BCUT2D eigenvalue weighted by molar-refractivity contribution is 0.163. The molecule has 0 radical (unpaired) electrons. The predicted molar refractivity (Wildman–Crippen MR) is 112 cm³/mol. The second-order valence-electron chi connectivity index (χ2n) is 8.46. The Morgan fingerprint density at radius 2 is 1.83 bits per heavy atom. The highest BCUT2D eigenvalue weighted by molar-refractivity contribution is 5.17. The molecule has 0 spiro atoms. The largest absolute Gasteiger partial charge is 0.299 e. The maximum absolute atomic E-state index is 12.3. The molecule has 1 aliphatic carbocycles. The standard InChI is InChI=1S/C22H27N7O/c30-21-6-5-20(28-10-2-9-25-28)26-29(21)16-17-7-11-27(12-8-17)15-18-13-23-22(24-14-18)19-3-1-4-19/h2,5-6,9-10,13-14,17,19H,1,3-4,7-8,11-12,15-16H2. The van der Waals surface area contributed by atoms with Crippen LogP contribution in [0.1, 0.15) is 49.4 Å². The summed E-state index contributed by atoms with van der Waals surface area (Å²) in [5, 5.41) is 8.70. The van der Waals surface area contributed by atoms with Crippen LogP contribution in [0.25, 0.3) is 5.82 Å². The van der Waals surface area contributed by atoms with Crippen molar-refractivity contribution >= 4 is 0 Å². The molecule has 8 heteroatoms. The molecule has 1 saturated carbocycles. The Kier molecular flexibility index (Phi) is 5.40. The van der Waals surface area contributed by atoms with E-state index in [0.29, 0.717) is 24.2 Å². The van der Waals surface area contributed by atoms with Crippen molar-refractivity contribution in [1.82, 2.24) is 34.4 Å². The quantitative estimate of drug-likeness (QED) is 0.626. The number of hydrogen-bond acceptors (Lipinski definition) is 6. The molecular weight excluding hydrogens is 378 g/mol. The first-order chi connectivity index (χ1) is 14.7. The highest BCUT2D eigenvalue weighted by Crippen LogP contribution is 2.34. The summed E-state index contributed by atoms with van der Waals surface area (Å²) in [6.45, 7) is 3.58. The predicted octanol–water partition coefficient (Wildman–Crippen LogP) is 2.40. The molecule has 3 aromatic rings. The van der Waals surface area contributed by atoms with Crippen LogP contribution in [-0.4, -0.2) is 47.5 Å². The Morgan fingerprint density at radius 1 is 1.03 bits per heavy atom. The molecule has 2 fully saturated rings. The molecule has 5 rings (SSSR count). The Balaban J connectivity index is 1.15. The first-order valence-corrected chi connectivity index (χ1v) is 10.9. The smallest absolute Gasteiger partial charge is 0.266 e. The van der Waals surface area contributed by atoms with Crippen LogP contribution in [0.15, 0.2) is 47.8 Å². The van der Waals surface area contributed by atoms with E-state index in [1.165, 1.54) is 24.8 Å². The van der Waals surface area contributed by atoms with Crippen LogP contribution < -0.4 is 5.56 Å². The van der Waals surface area contributed by atoms with Gasteiger partial charge < -0.3 is 0 Å². The molecule has 0 aromatic carbocycles. The number of rotatable bonds is 6. The van der Waals surface area contributed by atoms with Crippen molar-refractivity contribution in [3.05, 3.63) is 64.7 Å². The van der Waals surface area contributed by atoms with E-state index in [1.807, 2.05) is 24.7 Å². The molecule has 8 nitrogen and oxygen atoms in total. The summed E-state index contributed by atoms with van der Waals surface area (Å²) in [7, 11) is 0. The lowest BCUT2D eigenvalue weighted by Gasteiger charge is -2.32. The van der Waals surface area contributed by atoms with Crippen LogP contribution in [0.2, 0.25) is 0 Å². The first-order valence-electron chi connectivity index (χ1n) is 10.9. The van der Waals surface area contributed by atoms with Crippen LogP contribution in [0.5, 0.6) is 0 Å². The molecule has 3 aromatic heterocycles. The summed E-state index contributed by atoms with van der Waals surface area (Å²) in [5.74, 6) is 2.72. The van der Waals surface area contributed by atoms with Crippen LogP contribution in [0.4, 0.5) is 0 Å². The number of aromatic nitrogens is 6. The molecule has 30 heavy (non-hydrogen) atoms. The van der Waals surface area contributed by atoms with Gasteiger partial charge in [-0.3, -0.25) is 9.69 Å². The van der Waals surface area contributed by atoms with Gasteiger partial charge in [-0.1, -0.05) is 6.42 Å². The molecular formula is C22H27N7O.